The summed E-state index contributed by atoms with van der Waals surface area (Å²) in [4.78, 5) is 16.7. The highest BCUT2D eigenvalue weighted by Crippen LogP contribution is 2.34. The fraction of sp³-hybridized carbons (Fsp3) is 0.310. The van der Waals surface area contributed by atoms with Crippen LogP contribution in [0.15, 0.2) is 66.4 Å². The van der Waals surface area contributed by atoms with Crippen molar-refractivity contribution in [3.8, 4) is 5.69 Å². The SMILES string of the molecule is Cc1cc(/C=C2/C(=O)N(c3ccccc3)C(=S)N2C)c(C)n1-c1ccc(C2CCCCC2)cc1. The molecule has 0 N–H and O–H groups in total. The Kier molecular flexibility index (Phi) is 6.13. The molecule has 4 nitrogen and oxygen atoms in total. The second-order valence-electron chi connectivity index (χ2n) is 9.44. The Hall–Kier alpha value is -3.18. The zero-order valence-corrected chi connectivity index (χ0v) is 20.9. The molecule has 0 bridgehead atoms. The van der Waals surface area contributed by atoms with Gasteiger partial charge in [0.05, 0.1) is 5.69 Å². The number of carbonyl (C=O) groups is 1. The summed E-state index contributed by atoms with van der Waals surface area (Å²) in [5.41, 5.74) is 7.28. The molecule has 5 rings (SSSR count). The van der Waals surface area contributed by atoms with E-state index in [1.54, 1.807) is 9.80 Å². The molecular weight excluding hydrogens is 438 g/mol. The van der Waals surface area contributed by atoms with Gasteiger partial charge in [-0.3, -0.25) is 9.69 Å². The van der Waals surface area contributed by atoms with Gasteiger partial charge in [-0.25, -0.2) is 0 Å². The molecule has 0 spiro atoms. The Bertz CT molecular complexity index is 1250. The van der Waals surface area contributed by atoms with Crippen molar-refractivity contribution in [2.45, 2.75) is 51.9 Å². The van der Waals surface area contributed by atoms with Crippen LogP contribution < -0.4 is 4.90 Å². The summed E-state index contributed by atoms with van der Waals surface area (Å²) in [6.45, 7) is 4.23. The number of benzene rings is 2. The number of aryl methyl sites for hydroxylation is 1. The average molecular weight is 470 g/mol. The van der Waals surface area contributed by atoms with E-state index in [-0.39, 0.29) is 5.91 Å². The van der Waals surface area contributed by atoms with Crippen molar-refractivity contribution in [2.24, 2.45) is 0 Å². The second kappa shape index (κ2) is 9.22. The monoisotopic (exact) mass is 469 g/mol. The van der Waals surface area contributed by atoms with E-state index in [0.29, 0.717) is 16.7 Å². The first-order valence-electron chi connectivity index (χ1n) is 12.1. The van der Waals surface area contributed by atoms with Crippen LogP contribution in [0.1, 0.15) is 60.5 Å². The number of hydrogen-bond acceptors (Lipinski definition) is 2. The maximum atomic E-state index is 13.3. The number of rotatable bonds is 4. The van der Waals surface area contributed by atoms with Crippen LogP contribution in [0, 0.1) is 13.8 Å². The van der Waals surface area contributed by atoms with Crippen LogP contribution in [0.3, 0.4) is 0 Å². The number of anilines is 1. The van der Waals surface area contributed by atoms with Gasteiger partial charge in [0.15, 0.2) is 5.11 Å². The molecule has 1 amide bonds. The highest BCUT2D eigenvalue weighted by Gasteiger charge is 2.36. The Labute approximate surface area is 207 Å². The van der Waals surface area contributed by atoms with Crippen molar-refractivity contribution >= 4 is 35.0 Å². The normalized spacial score (nSPS) is 18.4. The molecule has 5 heteroatoms. The summed E-state index contributed by atoms with van der Waals surface area (Å²) in [6, 6.07) is 20.8. The first-order chi connectivity index (χ1) is 16.5. The Morgan fingerprint density at radius 3 is 2.26 bits per heavy atom. The van der Waals surface area contributed by atoms with Gasteiger partial charge in [-0.1, -0.05) is 49.6 Å². The Balaban J connectivity index is 1.45. The molecule has 34 heavy (non-hydrogen) atoms. The Morgan fingerprint density at radius 2 is 1.59 bits per heavy atom. The van der Waals surface area contributed by atoms with E-state index >= 15 is 0 Å². The maximum Gasteiger partial charge on any atom is 0.281 e. The highest BCUT2D eigenvalue weighted by molar-refractivity contribution is 7.80. The van der Waals surface area contributed by atoms with Crippen molar-refractivity contribution in [1.29, 1.82) is 0 Å². The molecule has 174 valence electrons. The topological polar surface area (TPSA) is 28.5 Å². The second-order valence-corrected chi connectivity index (χ2v) is 9.80. The molecule has 0 atom stereocenters. The summed E-state index contributed by atoms with van der Waals surface area (Å²) < 4.78 is 2.27. The van der Waals surface area contributed by atoms with Gasteiger partial charge in [0.1, 0.15) is 5.70 Å². The molecule has 2 aliphatic rings. The van der Waals surface area contributed by atoms with E-state index in [0.717, 1.165) is 28.3 Å². The van der Waals surface area contributed by atoms with Crippen molar-refractivity contribution in [3.05, 3.63) is 88.9 Å². The van der Waals surface area contributed by atoms with Crippen LogP contribution in [0.4, 0.5) is 5.69 Å². The van der Waals surface area contributed by atoms with Crippen LogP contribution in [0.25, 0.3) is 11.8 Å². The van der Waals surface area contributed by atoms with Crippen molar-refractivity contribution in [3.63, 3.8) is 0 Å². The van der Waals surface area contributed by atoms with Crippen LogP contribution in [-0.4, -0.2) is 27.5 Å². The van der Waals surface area contributed by atoms with E-state index < -0.39 is 0 Å². The lowest BCUT2D eigenvalue weighted by molar-refractivity contribution is -0.114. The third kappa shape index (κ3) is 3.98. The minimum Gasteiger partial charge on any atom is -0.318 e. The molecule has 3 aromatic rings. The molecule has 0 radical (unpaired) electrons. The molecular formula is C29H31N3OS. The molecule has 1 saturated carbocycles. The number of amides is 1. The molecule has 2 heterocycles. The Morgan fingerprint density at radius 1 is 0.912 bits per heavy atom. The average Bonchev–Trinajstić information content (AvgIpc) is 3.26. The zero-order valence-electron chi connectivity index (χ0n) is 20.1. The van der Waals surface area contributed by atoms with E-state index in [9.17, 15) is 4.79 Å². The third-order valence-electron chi connectivity index (χ3n) is 7.27. The number of hydrogen-bond donors (Lipinski definition) is 0. The largest absolute Gasteiger partial charge is 0.318 e. The standard InChI is InChI=1S/C29H31N3OS/c1-20-18-24(19-27-28(33)32(29(34)30(27)3)25-12-8-5-9-13-25)21(2)31(20)26-16-14-23(15-17-26)22-10-6-4-7-11-22/h5,8-9,12-19,22H,4,6-7,10-11H2,1-3H3/b27-19-. The lowest BCUT2D eigenvalue weighted by Crippen LogP contribution is -2.30. The molecule has 1 aliphatic heterocycles. The van der Waals surface area contributed by atoms with E-state index in [4.69, 9.17) is 12.2 Å². The summed E-state index contributed by atoms with van der Waals surface area (Å²) in [6.07, 6.45) is 8.65. The first-order valence-corrected chi connectivity index (χ1v) is 12.5. The zero-order chi connectivity index (χ0) is 23.8. The van der Waals surface area contributed by atoms with Crippen LogP contribution in [0.5, 0.6) is 0 Å². The maximum absolute atomic E-state index is 13.3. The quantitative estimate of drug-likeness (QED) is 0.313. The van der Waals surface area contributed by atoms with Gasteiger partial charge in [0, 0.05) is 24.1 Å². The van der Waals surface area contributed by atoms with E-state index in [2.05, 4.69) is 48.7 Å². The van der Waals surface area contributed by atoms with Gasteiger partial charge in [0.25, 0.3) is 5.91 Å². The number of likely N-dealkylation sites (N-methyl/N-ethyl adjacent to an activating group) is 1. The van der Waals surface area contributed by atoms with Crippen LogP contribution >= 0.6 is 12.2 Å². The molecule has 1 aliphatic carbocycles. The lowest BCUT2D eigenvalue weighted by Gasteiger charge is -2.22. The van der Waals surface area contributed by atoms with Gasteiger partial charge in [0.2, 0.25) is 0 Å². The molecule has 1 aromatic heterocycles. The fourth-order valence-electron chi connectivity index (χ4n) is 5.37. The van der Waals surface area contributed by atoms with E-state index in [1.807, 2.05) is 43.5 Å². The minimum absolute atomic E-state index is 0.0969. The fourth-order valence-corrected chi connectivity index (χ4v) is 5.66. The van der Waals surface area contributed by atoms with E-state index in [1.165, 1.54) is 37.7 Å². The van der Waals surface area contributed by atoms with Crippen molar-refractivity contribution < 1.29 is 4.79 Å². The van der Waals surface area contributed by atoms with Gasteiger partial charge in [-0.05, 0) is 92.4 Å². The number of nitrogens with zero attached hydrogens (tertiary/aromatic N) is 3. The number of carbonyl (C=O) groups excluding carboxylic acids is 1. The van der Waals surface area contributed by atoms with Gasteiger partial charge >= 0.3 is 0 Å². The number of aromatic nitrogens is 1. The van der Waals surface area contributed by atoms with Crippen LogP contribution in [0.2, 0.25) is 0 Å². The van der Waals surface area contributed by atoms with Gasteiger partial charge < -0.3 is 9.47 Å². The summed E-state index contributed by atoms with van der Waals surface area (Å²) in [5, 5.41) is 0.495. The van der Waals surface area contributed by atoms with Crippen LogP contribution in [-0.2, 0) is 4.79 Å². The molecule has 2 aromatic carbocycles. The predicted octanol–water partition coefficient (Wildman–Crippen LogP) is 6.75. The summed E-state index contributed by atoms with van der Waals surface area (Å²) in [5.74, 6) is 0.607. The summed E-state index contributed by atoms with van der Waals surface area (Å²) >= 11 is 5.61. The lowest BCUT2D eigenvalue weighted by atomic mass is 9.84. The smallest absolute Gasteiger partial charge is 0.281 e. The minimum atomic E-state index is -0.0969. The summed E-state index contributed by atoms with van der Waals surface area (Å²) in [7, 11) is 1.86. The van der Waals surface area contributed by atoms with Crippen molar-refractivity contribution in [2.75, 3.05) is 11.9 Å². The van der Waals surface area contributed by atoms with Gasteiger partial charge in [-0.2, -0.15) is 0 Å². The van der Waals surface area contributed by atoms with Crippen molar-refractivity contribution in [1.82, 2.24) is 9.47 Å². The number of para-hydroxylation sites is 1. The predicted molar refractivity (Wildman–Crippen MR) is 143 cm³/mol. The molecule has 0 unspecified atom stereocenters. The molecule has 2 fully saturated rings. The first kappa shape index (κ1) is 22.6. The molecule has 1 saturated heterocycles. The number of thiocarbonyl (C=S) groups is 1. The highest BCUT2D eigenvalue weighted by atomic mass is 32.1. The van der Waals surface area contributed by atoms with Gasteiger partial charge in [-0.15, -0.1) is 0 Å². The third-order valence-corrected chi connectivity index (χ3v) is 7.72.